The molecule has 13 heavy (non-hydrogen) atoms. The minimum Gasteiger partial charge on any atom is -0.370 e. The molecule has 0 saturated carbocycles. The zero-order valence-electron chi connectivity index (χ0n) is 9.54. The molecule has 0 bridgehead atoms. The zero-order chi connectivity index (χ0) is 10.4. The van der Waals surface area contributed by atoms with E-state index >= 15 is 0 Å². The van der Waals surface area contributed by atoms with Gasteiger partial charge in [-0.1, -0.05) is 13.8 Å². The van der Waals surface area contributed by atoms with E-state index in [0.29, 0.717) is 11.9 Å². The minimum absolute atomic E-state index is 0.279. The van der Waals surface area contributed by atoms with Crippen molar-refractivity contribution in [2.45, 2.75) is 40.2 Å². The lowest BCUT2D eigenvalue weighted by Crippen LogP contribution is -2.35. The number of rotatable bonds is 4. The van der Waals surface area contributed by atoms with E-state index in [0.717, 1.165) is 13.0 Å². The fraction of sp³-hybridized carbons (Fsp3) is 0.900. The van der Waals surface area contributed by atoms with Crippen LogP contribution in [0, 0.1) is 5.92 Å². The van der Waals surface area contributed by atoms with Crippen molar-refractivity contribution in [1.82, 2.24) is 4.90 Å². The second kappa shape index (κ2) is 5.84. The van der Waals surface area contributed by atoms with Gasteiger partial charge in [0.15, 0.2) is 5.96 Å². The molecule has 0 aromatic rings. The van der Waals surface area contributed by atoms with Crippen LogP contribution in [0.4, 0.5) is 0 Å². The summed E-state index contributed by atoms with van der Waals surface area (Å²) < 4.78 is 0. The standard InChI is InChI=1S/C10H23N3/c1-8(2)6-7-13(5)10(11)12-9(3)4/h8-9H,6-7H2,1-5H3,(H2,11,12). The molecule has 0 fully saturated rings. The molecule has 3 nitrogen and oxygen atoms in total. The number of hydrogen-bond acceptors (Lipinski definition) is 1. The van der Waals surface area contributed by atoms with Crippen molar-refractivity contribution in [2.75, 3.05) is 13.6 Å². The van der Waals surface area contributed by atoms with E-state index in [4.69, 9.17) is 5.73 Å². The molecular weight excluding hydrogens is 162 g/mol. The molecule has 0 atom stereocenters. The van der Waals surface area contributed by atoms with Crippen LogP contribution in [0.25, 0.3) is 0 Å². The number of nitrogens with zero attached hydrogens (tertiary/aromatic N) is 2. The lowest BCUT2D eigenvalue weighted by molar-refractivity contribution is 0.431. The Bertz CT molecular complexity index is 162. The Morgan fingerprint density at radius 2 is 1.85 bits per heavy atom. The summed E-state index contributed by atoms with van der Waals surface area (Å²) in [6.07, 6.45) is 1.16. The maximum atomic E-state index is 5.78. The summed E-state index contributed by atoms with van der Waals surface area (Å²) in [6.45, 7) is 9.47. The summed E-state index contributed by atoms with van der Waals surface area (Å²) in [5.74, 6) is 1.37. The summed E-state index contributed by atoms with van der Waals surface area (Å²) in [5, 5.41) is 0. The molecule has 0 rings (SSSR count). The van der Waals surface area contributed by atoms with Gasteiger partial charge >= 0.3 is 0 Å². The summed E-state index contributed by atoms with van der Waals surface area (Å²) in [6, 6.07) is 0.279. The quantitative estimate of drug-likeness (QED) is 0.535. The SMILES string of the molecule is CC(C)CCN(C)C(N)=NC(C)C. The molecule has 0 aliphatic carbocycles. The van der Waals surface area contributed by atoms with Crippen molar-refractivity contribution >= 4 is 5.96 Å². The van der Waals surface area contributed by atoms with Crippen LogP contribution in [0.5, 0.6) is 0 Å². The van der Waals surface area contributed by atoms with E-state index in [1.807, 2.05) is 25.8 Å². The van der Waals surface area contributed by atoms with Crippen molar-refractivity contribution in [2.24, 2.45) is 16.6 Å². The Morgan fingerprint density at radius 1 is 1.31 bits per heavy atom. The lowest BCUT2D eigenvalue weighted by Gasteiger charge is -2.19. The first kappa shape index (κ1) is 12.3. The molecule has 2 N–H and O–H groups in total. The van der Waals surface area contributed by atoms with Gasteiger partial charge < -0.3 is 10.6 Å². The second-order valence-corrected chi connectivity index (χ2v) is 4.19. The number of aliphatic imine (C=N–C) groups is 1. The molecule has 0 radical (unpaired) electrons. The average Bonchev–Trinajstić information content (AvgIpc) is 1.98. The van der Waals surface area contributed by atoms with Crippen LogP contribution < -0.4 is 5.73 Å². The summed E-state index contributed by atoms with van der Waals surface area (Å²) >= 11 is 0. The van der Waals surface area contributed by atoms with Gasteiger partial charge in [-0.3, -0.25) is 4.99 Å². The van der Waals surface area contributed by atoms with E-state index in [1.165, 1.54) is 0 Å². The predicted octanol–water partition coefficient (Wildman–Crippen LogP) is 1.69. The van der Waals surface area contributed by atoms with E-state index in [1.54, 1.807) is 0 Å². The minimum atomic E-state index is 0.279. The Kier molecular flexibility index (Phi) is 5.51. The highest BCUT2D eigenvalue weighted by Gasteiger charge is 2.03. The maximum Gasteiger partial charge on any atom is 0.191 e. The fourth-order valence-corrected chi connectivity index (χ4v) is 0.929. The highest BCUT2D eigenvalue weighted by Crippen LogP contribution is 2.00. The van der Waals surface area contributed by atoms with Crippen LogP contribution in [0.2, 0.25) is 0 Å². The van der Waals surface area contributed by atoms with Crippen molar-refractivity contribution in [3.63, 3.8) is 0 Å². The number of hydrogen-bond donors (Lipinski definition) is 1. The van der Waals surface area contributed by atoms with Gasteiger partial charge in [-0.2, -0.15) is 0 Å². The van der Waals surface area contributed by atoms with E-state index < -0.39 is 0 Å². The third-order valence-corrected chi connectivity index (χ3v) is 1.82. The van der Waals surface area contributed by atoms with Crippen LogP contribution in [0.3, 0.4) is 0 Å². The van der Waals surface area contributed by atoms with Gasteiger partial charge in [-0.05, 0) is 26.2 Å². The maximum absolute atomic E-state index is 5.78. The monoisotopic (exact) mass is 185 g/mol. The first-order chi connectivity index (χ1) is 5.93. The molecule has 0 unspecified atom stereocenters. The van der Waals surface area contributed by atoms with E-state index in [9.17, 15) is 0 Å². The zero-order valence-corrected chi connectivity index (χ0v) is 9.54. The topological polar surface area (TPSA) is 41.6 Å². The molecule has 0 aromatic carbocycles. The van der Waals surface area contributed by atoms with Gasteiger partial charge in [0.1, 0.15) is 0 Å². The molecule has 0 aliphatic heterocycles. The number of guanidine groups is 1. The van der Waals surface area contributed by atoms with Gasteiger partial charge in [-0.25, -0.2) is 0 Å². The summed E-state index contributed by atoms with van der Waals surface area (Å²) in [4.78, 5) is 6.29. The van der Waals surface area contributed by atoms with E-state index in [2.05, 4.69) is 18.8 Å². The van der Waals surface area contributed by atoms with Crippen molar-refractivity contribution < 1.29 is 0 Å². The van der Waals surface area contributed by atoms with E-state index in [-0.39, 0.29) is 6.04 Å². The molecular formula is C10H23N3. The highest BCUT2D eigenvalue weighted by atomic mass is 15.2. The summed E-state index contributed by atoms with van der Waals surface area (Å²) in [5.41, 5.74) is 5.78. The number of nitrogens with two attached hydrogens (primary N) is 1. The van der Waals surface area contributed by atoms with Crippen LogP contribution in [-0.4, -0.2) is 30.5 Å². The Labute approximate surface area is 82.0 Å². The molecule has 0 heterocycles. The van der Waals surface area contributed by atoms with Crippen molar-refractivity contribution in [3.05, 3.63) is 0 Å². The van der Waals surface area contributed by atoms with Crippen LogP contribution in [0.1, 0.15) is 34.1 Å². The Hall–Kier alpha value is -0.730. The largest absolute Gasteiger partial charge is 0.370 e. The first-order valence-corrected chi connectivity index (χ1v) is 4.98. The van der Waals surface area contributed by atoms with Gasteiger partial charge in [0.05, 0.1) is 0 Å². The van der Waals surface area contributed by atoms with Gasteiger partial charge in [0.2, 0.25) is 0 Å². The molecule has 78 valence electrons. The second-order valence-electron chi connectivity index (χ2n) is 4.19. The van der Waals surface area contributed by atoms with Crippen LogP contribution in [0.15, 0.2) is 4.99 Å². The molecule has 0 spiro atoms. The third kappa shape index (κ3) is 6.43. The average molecular weight is 185 g/mol. The predicted molar refractivity (Wildman–Crippen MR) is 58.8 cm³/mol. The van der Waals surface area contributed by atoms with Crippen LogP contribution in [-0.2, 0) is 0 Å². The van der Waals surface area contributed by atoms with Crippen LogP contribution >= 0.6 is 0 Å². The first-order valence-electron chi connectivity index (χ1n) is 4.98. The molecule has 0 aliphatic rings. The lowest BCUT2D eigenvalue weighted by atomic mass is 10.1. The molecule has 0 aromatic heterocycles. The molecule has 3 heteroatoms. The Morgan fingerprint density at radius 3 is 2.23 bits per heavy atom. The highest BCUT2D eigenvalue weighted by molar-refractivity contribution is 5.77. The van der Waals surface area contributed by atoms with Gasteiger partial charge in [-0.15, -0.1) is 0 Å². The van der Waals surface area contributed by atoms with Gasteiger partial charge in [0.25, 0.3) is 0 Å². The normalized spacial score (nSPS) is 12.7. The smallest absolute Gasteiger partial charge is 0.191 e. The molecule has 0 amide bonds. The third-order valence-electron chi connectivity index (χ3n) is 1.82. The van der Waals surface area contributed by atoms with Crippen molar-refractivity contribution in [3.8, 4) is 0 Å². The van der Waals surface area contributed by atoms with Crippen molar-refractivity contribution in [1.29, 1.82) is 0 Å². The summed E-state index contributed by atoms with van der Waals surface area (Å²) in [7, 11) is 1.99. The van der Waals surface area contributed by atoms with Gasteiger partial charge in [0, 0.05) is 19.6 Å². The fourth-order valence-electron chi connectivity index (χ4n) is 0.929. The molecule has 0 saturated heterocycles. The Balaban J connectivity index is 3.89.